The maximum absolute atomic E-state index is 13.4. The van der Waals surface area contributed by atoms with Crippen LogP contribution in [-0.4, -0.2) is 23.4 Å². The summed E-state index contributed by atoms with van der Waals surface area (Å²) in [6, 6.07) is 2.95. The fraction of sp³-hybridized carbons (Fsp3) is 0.308. The summed E-state index contributed by atoms with van der Waals surface area (Å²) >= 11 is 3.15. The SMILES string of the molecule is O=C(c1c[nH]c2cc(F)c(Br)cc12)C1CCCN1. The number of halogens is 2. The number of hydrogen-bond acceptors (Lipinski definition) is 2. The lowest BCUT2D eigenvalue weighted by Gasteiger charge is -2.07. The molecular formula is C13H12BrFN2O. The summed E-state index contributed by atoms with van der Waals surface area (Å²) in [6.07, 6.45) is 3.56. The molecule has 1 aromatic carbocycles. The lowest BCUT2D eigenvalue weighted by molar-refractivity contribution is 0.0954. The number of benzene rings is 1. The predicted molar refractivity (Wildman–Crippen MR) is 71.3 cm³/mol. The van der Waals surface area contributed by atoms with Crippen LogP contribution in [0.15, 0.2) is 22.8 Å². The van der Waals surface area contributed by atoms with Crippen molar-refractivity contribution in [2.45, 2.75) is 18.9 Å². The maximum atomic E-state index is 13.4. The Hall–Kier alpha value is -1.20. The molecule has 94 valence electrons. The molecule has 3 rings (SSSR count). The molecule has 0 radical (unpaired) electrons. The van der Waals surface area contributed by atoms with E-state index in [0.717, 1.165) is 24.8 Å². The number of rotatable bonds is 2. The van der Waals surface area contributed by atoms with Gasteiger partial charge in [0.2, 0.25) is 0 Å². The van der Waals surface area contributed by atoms with Crippen molar-refractivity contribution in [2.24, 2.45) is 0 Å². The molecule has 1 saturated heterocycles. The summed E-state index contributed by atoms with van der Waals surface area (Å²) in [5.74, 6) is -0.250. The van der Waals surface area contributed by atoms with Gasteiger partial charge < -0.3 is 10.3 Å². The van der Waals surface area contributed by atoms with E-state index in [1.165, 1.54) is 6.07 Å². The number of hydrogen-bond donors (Lipinski definition) is 2. The summed E-state index contributed by atoms with van der Waals surface area (Å²) < 4.78 is 13.8. The number of fused-ring (bicyclic) bond motifs is 1. The summed E-state index contributed by atoms with van der Waals surface area (Å²) in [6.45, 7) is 0.886. The van der Waals surface area contributed by atoms with Gasteiger partial charge in [-0.15, -0.1) is 0 Å². The molecule has 5 heteroatoms. The number of H-pyrrole nitrogens is 1. The summed E-state index contributed by atoms with van der Waals surface area (Å²) in [5.41, 5.74) is 1.28. The van der Waals surface area contributed by atoms with Crippen LogP contribution >= 0.6 is 15.9 Å². The lowest BCUT2D eigenvalue weighted by atomic mass is 10.0. The van der Waals surface area contributed by atoms with Crippen molar-refractivity contribution in [3.05, 3.63) is 34.2 Å². The minimum atomic E-state index is -0.331. The Balaban J connectivity index is 2.06. The van der Waals surface area contributed by atoms with Crippen molar-refractivity contribution in [3.8, 4) is 0 Å². The molecule has 1 fully saturated rings. The number of Topliss-reactive ketones (excluding diaryl/α,β-unsaturated/α-hetero) is 1. The first-order valence-electron chi connectivity index (χ1n) is 5.90. The molecule has 2 N–H and O–H groups in total. The van der Waals surface area contributed by atoms with E-state index in [-0.39, 0.29) is 17.6 Å². The number of aromatic nitrogens is 1. The van der Waals surface area contributed by atoms with Crippen molar-refractivity contribution < 1.29 is 9.18 Å². The molecule has 1 aliphatic rings. The molecule has 0 bridgehead atoms. The predicted octanol–water partition coefficient (Wildman–Crippen LogP) is 3.00. The minimum absolute atomic E-state index is 0.0808. The zero-order valence-electron chi connectivity index (χ0n) is 9.59. The van der Waals surface area contributed by atoms with Crippen molar-refractivity contribution in [1.82, 2.24) is 10.3 Å². The maximum Gasteiger partial charge on any atom is 0.181 e. The van der Waals surface area contributed by atoms with Gasteiger partial charge in [-0.25, -0.2) is 4.39 Å². The smallest absolute Gasteiger partial charge is 0.181 e. The van der Waals surface area contributed by atoms with E-state index in [0.29, 0.717) is 15.6 Å². The number of carbonyl (C=O) groups excluding carboxylic acids is 1. The number of carbonyl (C=O) groups is 1. The summed E-state index contributed by atoms with van der Waals surface area (Å²) in [4.78, 5) is 15.3. The van der Waals surface area contributed by atoms with Crippen molar-refractivity contribution in [2.75, 3.05) is 6.54 Å². The lowest BCUT2D eigenvalue weighted by Crippen LogP contribution is -2.30. The van der Waals surface area contributed by atoms with Crippen LogP contribution in [0.4, 0.5) is 4.39 Å². The highest BCUT2D eigenvalue weighted by Crippen LogP contribution is 2.27. The van der Waals surface area contributed by atoms with Gasteiger partial charge in [-0.3, -0.25) is 4.79 Å². The first kappa shape index (κ1) is 11.9. The number of ketones is 1. The van der Waals surface area contributed by atoms with Crippen LogP contribution < -0.4 is 5.32 Å². The Morgan fingerprint density at radius 2 is 2.28 bits per heavy atom. The van der Waals surface area contributed by atoms with Crippen LogP contribution in [0, 0.1) is 5.82 Å². The Labute approximate surface area is 112 Å². The van der Waals surface area contributed by atoms with Gasteiger partial charge >= 0.3 is 0 Å². The van der Waals surface area contributed by atoms with Gasteiger partial charge in [0.15, 0.2) is 5.78 Å². The minimum Gasteiger partial charge on any atom is -0.360 e. The van der Waals surface area contributed by atoms with E-state index in [4.69, 9.17) is 0 Å². The van der Waals surface area contributed by atoms with Gasteiger partial charge in [0.05, 0.1) is 10.5 Å². The normalized spacial score (nSPS) is 19.6. The largest absolute Gasteiger partial charge is 0.360 e. The van der Waals surface area contributed by atoms with Crippen LogP contribution in [0.3, 0.4) is 0 Å². The summed E-state index contributed by atoms with van der Waals surface area (Å²) in [5, 5.41) is 3.95. The van der Waals surface area contributed by atoms with Crippen LogP contribution in [0.5, 0.6) is 0 Å². The monoisotopic (exact) mass is 310 g/mol. The van der Waals surface area contributed by atoms with Gasteiger partial charge in [0.1, 0.15) is 5.82 Å². The van der Waals surface area contributed by atoms with E-state index >= 15 is 0 Å². The van der Waals surface area contributed by atoms with Gasteiger partial charge in [-0.1, -0.05) is 0 Å². The van der Waals surface area contributed by atoms with E-state index in [2.05, 4.69) is 26.2 Å². The molecule has 0 amide bonds. The quantitative estimate of drug-likeness (QED) is 0.838. The third-order valence-corrected chi connectivity index (χ3v) is 3.97. The Bertz CT molecular complexity index is 617. The van der Waals surface area contributed by atoms with Gasteiger partial charge in [0, 0.05) is 22.7 Å². The molecule has 2 aromatic rings. The summed E-state index contributed by atoms with van der Waals surface area (Å²) in [7, 11) is 0. The van der Waals surface area contributed by atoms with Crippen LogP contribution in [0.25, 0.3) is 10.9 Å². The van der Waals surface area contributed by atoms with Crippen molar-refractivity contribution in [3.63, 3.8) is 0 Å². The molecule has 2 heterocycles. The number of nitrogens with one attached hydrogen (secondary N) is 2. The molecule has 1 aliphatic heterocycles. The van der Waals surface area contributed by atoms with Crippen LogP contribution in [0.2, 0.25) is 0 Å². The Kier molecular flexibility index (Phi) is 2.95. The molecule has 1 atom stereocenters. The van der Waals surface area contributed by atoms with E-state index < -0.39 is 0 Å². The molecule has 0 spiro atoms. The molecule has 0 aliphatic carbocycles. The van der Waals surface area contributed by atoms with Crippen LogP contribution in [0.1, 0.15) is 23.2 Å². The zero-order valence-corrected chi connectivity index (χ0v) is 11.2. The molecule has 3 nitrogen and oxygen atoms in total. The highest BCUT2D eigenvalue weighted by atomic mass is 79.9. The van der Waals surface area contributed by atoms with E-state index in [1.807, 2.05) is 0 Å². The fourth-order valence-corrected chi connectivity index (χ4v) is 2.76. The standard InChI is InChI=1S/C13H12BrFN2O/c14-9-4-7-8(6-17-12(7)5-10(9)15)13(18)11-2-1-3-16-11/h4-6,11,16-17H,1-3H2. The number of aromatic amines is 1. The van der Waals surface area contributed by atoms with Gasteiger partial charge in [-0.2, -0.15) is 0 Å². The Morgan fingerprint density at radius 3 is 3.00 bits per heavy atom. The average molecular weight is 311 g/mol. The van der Waals surface area contributed by atoms with E-state index in [9.17, 15) is 9.18 Å². The second kappa shape index (κ2) is 4.48. The van der Waals surface area contributed by atoms with Crippen molar-refractivity contribution in [1.29, 1.82) is 0 Å². The highest BCUT2D eigenvalue weighted by molar-refractivity contribution is 9.10. The molecule has 1 unspecified atom stereocenters. The second-order valence-corrected chi connectivity index (χ2v) is 5.38. The molecular weight excluding hydrogens is 299 g/mol. The fourth-order valence-electron chi connectivity index (χ4n) is 2.42. The third kappa shape index (κ3) is 1.87. The topological polar surface area (TPSA) is 44.9 Å². The first-order valence-corrected chi connectivity index (χ1v) is 6.70. The third-order valence-electron chi connectivity index (χ3n) is 3.36. The van der Waals surface area contributed by atoms with E-state index in [1.54, 1.807) is 12.3 Å². The van der Waals surface area contributed by atoms with Gasteiger partial charge in [0.25, 0.3) is 0 Å². The average Bonchev–Trinajstić information content (AvgIpc) is 2.98. The molecule has 18 heavy (non-hydrogen) atoms. The molecule has 0 saturated carbocycles. The first-order chi connectivity index (χ1) is 8.66. The molecule has 1 aromatic heterocycles. The highest BCUT2D eigenvalue weighted by Gasteiger charge is 2.25. The Morgan fingerprint density at radius 1 is 1.44 bits per heavy atom. The zero-order chi connectivity index (χ0) is 12.7. The van der Waals surface area contributed by atoms with Crippen molar-refractivity contribution >= 4 is 32.6 Å². The second-order valence-electron chi connectivity index (χ2n) is 4.53. The van der Waals surface area contributed by atoms with Crippen LogP contribution in [-0.2, 0) is 0 Å². The van der Waals surface area contributed by atoms with Gasteiger partial charge in [-0.05, 0) is 47.4 Å².